The van der Waals surface area contributed by atoms with Crippen LogP contribution in [0, 0.1) is 16.0 Å². The number of para-hydroxylation sites is 1. The molecule has 2 aromatic carbocycles. The predicted molar refractivity (Wildman–Crippen MR) is 108 cm³/mol. The van der Waals surface area contributed by atoms with Gasteiger partial charge in [-0.15, -0.1) is 0 Å². The normalized spacial score (nSPS) is 22.0. The molecule has 0 aromatic heterocycles. The van der Waals surface area contributed by atoms with Crippen LogP contribution in [0.5, 0.6) is 0 Å². The highest BCUT2D eigenvalue weighted by Gasteiger charge is 2.48. The van der Waals surface area contributed by atoms with Crippen molar-refractivity contribution in [1.82, 2.24) is 0 Å². The fourth-order valence-electron chi connectivity index (χ4n) is 4.20. The number of ketones is 1. The van der Waals surface area contributed by atoms with E-state index in [1.54, 1.807) is 13.0 Å². The fraction of sp³-hybridized carbons (Fsp3) is 0.273. The van der Waals surface area contributed by atoms with E-state index in [1.165, 1.54) is 18.2 Å². The molecule has 3 atom stereocenters. The first kappa shape index (κ1) is 18.9. The van der Waals surface area contributed by atoms with Gasteiger partial charge >= 0.3 is 5.97 Å². The van der Waals surface area contributed by atoms with Crippen LogP contribution >= 0.6 is 0 Å². The largest absolute Gasteiger partial charge is 0.466 e. The third-order valence-corrected chi connectivity index (χ3v) is 5.47. The van der Waals surface area contributed by atoms with E-state index in [1.807, 2.05) is 41.3 Å². The van der Waals surface area contributed by atoms with E-state index in [0.29, 0.717) is 6.42 Å². The van der Waals surface area contributed by atoms with Crippen molar-refractivity contribution in [2.24, 2.45) is 5.92 Å². The minimum absolute atomic E-state index is 0.133. The maximum atomic E-state index is 13.4. The predicted octanol–water partition coefficient (Wildman–Crippen LogP) is 3.63. The van der Waals surface area contributed by atoms with Crippen molar-refractivity contribution in [3.05, 3.63) is 75.8 Å². The number of nitro benzene ring substituents is 1. The molecule has 4 rings (SSSR count). The Morgan fingerprint density at radius 2 is 2.00 bits per heavy atom. The van der Waals surface area contributed by atoms with Gasteiger partial charge in [-0.3, -0.25) is 19.7 Å². The third kappa shape index (κ3) is 3.29. The van der Waals surface area contributed by atoms with Crippen molar-refractivity contribution in [2.75, 3.05) is 11.5 Å². The van der Waals surface area contributed by atoms with Crippen molar-refractivity contribution in [1.29, 1.82) is 0 Å². The monoisotopic (exact) mass is 392 g/mol. The van der Waals surface area contributed by atoms with Crippen molar-refractivity contribution in [2.45, 2.75) is 25.4 Å². The van der Waals surface area contributed by atoms with Crippen LogP contribution in [0.3, 0.4) is 0 Å². The number of non-ortho nitro benzene ring substituents is 1. The van der Waals surface area contributed by atoms with Crippen LogP contribution in [0.15, 0.2) is 54.6 Å². The molecule has 0 unspecified atom stereocenters. The lowest BCUT2D eigenvalue weighted by molar-refractivity contribution is -0.384. The van der Waals surface area contributed by atoms with Gasteiger partial charge in [0.05, 0.1) is 29.5 Å². The summed E-state index contributed by atoms with van der Waals surface area (Å²) in [5, 5.41) is 11.1. The number of esters is 1. The summed E-state index contributed by atoms with van der Waals surface area (Å²) in [7, 11) is 0. The molecule has 7 nitrogen and oxygen atoms in total. The standard InChI is InChI=1S/C22H20N2O5/c1-2-29-22(26)17-13-20(21(25)15-7-5-8-16(12-15)24(27)28)23-18-9-4-3-6-14(18)10-11-19(17)23/h3-12,17,19-20H,2,13H2,1H3/t17-,19+,20-/m1/s1. The van der Waals surface area contributed by atoms with Crippen LogP contribution in [0.2, 0.25) is 0 Å². The molecule has 2 heterocycles. The summed E-state index contributed by atoms with van der Waals surface area (Å²) in [6.07, 6.45) is 4.19. The zero-order chi connectivity index (χ0) is 20.5. The minimum Gasteiger partial charge on any atom is -0.466 e. The topological polar surface area (TPSA) is 89.8 Å². The molecule has 0 spiro atoms. The third-order valence-electron chi connectivity index (χ3n) is 5.47. The number of benzene rings is 2. The molecule has 7 heteroatoms. The number of hydrogen-bond acceptors (Lipinski definition) is 6. The van der Waals surface area contributed by atoms with E-state index >= 15 is 0 Å². The van der Waals surface area contributed by atoms with Gasteiger partial charge in [0.2, 0.25) is 0 Å². The molecule has 29 heavy (non-hydrogen) atoms. The van der Waals surface area contributed by atoms with Gasteiger partial charge in [-0.1, -0.05) is 42.5 Å². The van der Waals surface area contributed by atoms with Gasteiger partial charge in [-0.05, 0) is 25.0 Å². The second-order valence-corrected chi connectivity index (χ2v) is 7.10. The number of anilines is 1. The molecule has 148 valence electrons. The highest BCUT2D eigenvalue weighted by atomic mass is 16.6. The van der Waals surface area contributed by atoms with E-state index in [-0.39, 0.29) is 35.7 Å². The summed E-state index contributed by atoms with van der Waals surface area (Å²) >= 11 is 0. The SMILES string of the molecule is CCOC(=O)[C@@H]1C[C@H](C(=O)c2cccc([N+](=O)[O-])c2)N2c3ccccc3C=C[C@@H]12. The van der Waals surface area contributed by atoms with Gasteiger partial charge in [0, 0.05) is 23.4 Å². The zero-order valence-corrected chi connectivity index (χ0v) is 15.9. The molecule has 0 amide bonds. The Bertz CT molecular complexity index is 1020. The lowest BCUT2D eigenvalue weighted by atomic mass is 9.95. The second-order valence-electron chi connectivity index (χ2n) is 7.10. The van der Waals surface area contributed by atoms with Gasteiger partial charge in [0.25, 0.3) is 5.69 Å². The molecule has 0 bridgehead atoms. The summed E-state index contributed by atoms with van der Waals surface area (Å²) in [6, 6.07) is 12.5. The van der Waals surface area contributed by atoms with Crippen molar-refractivity contribution in [3.63, 3.8) is 0 Å². The molecule has 2 aliphatic rings. The minimum atomic E-state index is -0.609. The Morgan fingerprint density at radius 3 is 2.76 bits per heavy atom. The average Bonchev–Trinajstić information content (AvgIpc) is 3.14. The van der Waals surface area contributed by atoms with Gasteiger partial charge in [0.1, 0.15) is 0 Å². The summed E-state index contributed by atoms with van der Waals surface area (Å²) in [5.41, 5.74) is 1.96. The van der Waals surface area contributed by atoms with Gasteiger partial charge in [0.15, 0.2) is 5.78 Å². The Kier molecular flexibility index (Phi) is 4.88. The molecule has 2 aromatic rings. The Morgan fingerprint density at radius 1 is 1.21 bits per heavy atom. The van der Waals surface area contributed by atoms with Crippen molar-refractivity contribution >= 4 is 29.2 Å². The Labute approximate surface area is 167 Å². The smallest absolute Gasteiger partial charge is 0.311 e. The van der Waals surface area contributed by atoms with E-state index in [0.717, 1.165) is 11.3 Å². The highest BCUT2D eigenvalue weighted by molar-refractivity contribution is 6.04. The molecule has 0 saturated carbocycles. The summed E-state index contributed by atoms with van der Waals surface area (Å²) < 4.78 is 5.25. The summed E-state index contributed by atoms with van der Waals surface area (Å²) in [6.45, 7) is 2.02. The summed E-state index contributed by atoms with van der Waals surface area (Å²) in [4.78, 5) is 38.5. The molecular formula is C22H20N2O5. The first-order valence-corrected chi connectivity index (χ1v) is 9.52. The van der Waals surface area contributed by atoms with E-state index in [2.05, 4.69) is 0 Å². The molecular weight excluding hydrogens is 372 g/mol. The van der Waals surface area contributed by atoms with E-state index in [4.69, 9.17) is 4.74 Å². The molecule has 1 saturated heterocycles. The number of carbonyl (C=O) groups excluding carboxylic acids is 2. The van der Waals surface area contributed by atoms with Crippen LogP contribution in [0.25, 0.3) is 6.08 Å². The quantitative estimate of drug-likeness (QED) is 0.334. The molecule has 0 N–H and O–H groups in total. The van der Waals surface area contributed by atoms with E-state index in [9.17, 15) is 19.7 Å². The second kappa shape index (κ2) is 7.50. The van der Waals surface area contributed by atoms with Gasteiger partial charge in [-0.25, -0.2) is 0 Å². The van der Waals surface area contributed by atoms with Crippen molar-refractivity contribution < 1.29 is 19.2 Å². The van der Waals surface area contributed by atoms with Crippen LogP contribution in [0.1, 0.15) is 29.3 Å². The number of nitrogens with zero attached hydrogens (tertiary/aromatic N) is 2. The van der Waals surface area contributed by atoms with Crippen LogP contribution < -0.4 is 4.90 Å². The fourth-order valence-corrected chi connectivity index (χ4v) is 4.20. The summed E-state index contributed by atoms with van der Waals surface area (Å²) in [5.74, 6) is -1.05. The molecule has 0 radical (unpaired) electrons. The Balaban J connectivity index is 1.75. The van der Waals surface area contributed by atoms with Crippen LogP contribution in [-0.2, 0) is 9.53 Å². The van der Waals surface area contributed by atoms with Crippen LogP contribution in [-0.4, -0.2) is 35.4 Å². The average molecular weight is 392 g/mol. The highest BCUT2D eigenvalue weighted by Crippen LogP contribution is 2.42. The lowest BCUT2D eigenvalue weighted by Crippen LogP contribution is -2.43. The number of nitro groups is 1. The maximum Gasteiger partial charge on any atom is 0.311 e. The number of ether oxygens (including phenoxy) is 1. The van der Waals surface area contributed by atoms with Crippen LogP contribution in [0.4, 0.5) is 11.4 Å². The number of Topliss-reactive ketones (excluding diaryl/α,β-unsaturated/α-hetero) is 1. The first-order valence-electron chi connectivity index (χ1n) is 9.52. The number of hydrogen-bond donors (Lipinski definition) is 0. The number of fused-ring (bicyclic) bond motifs is 3. The van der Waals surface area contributed by atoms with E-state index < -0.39 is 16.9 Å². The number of carbonyl (C=O) groups is 2. The molecule has 0 aliphatic carbocycles. The number of rotatable bonds is 5. The van der Waals surface area contributed by atoms with Crippen molar-refractivity contribution in [3.8, 4) is 0 Å². The lowest BCUT2D eigenvalue weighted by Gasteiger charge is -2.35. The molecule has 1 fully saturated rings. The van der Waals surface area contributed by atoms with Gasteiger partial charge < -0.3 is 9.64 Å². The Hall–Kier alpha value is -3.48. The zero-order valence-electron chi connectivity index (χ0n) is 15.9. The molecule has 2 aliphatic heterocycles. The maximum absolute atomic E-state index is 13.4. The van der Waals surface area contributed by atoms with Gasteiger partial charge in [-0.2, -0.15) is 0 Å². The first-order chi connectivity index (χ1) is 14.0.